The second-order valence-corrected chi connectivity index (χ2v) is 10.8. The predicted octanol–water partition coefficient (Wildman–Crippen LogP) is 9.33. The molecule has 0 unspecified atom stereocenters. The van der Waals surface area contributed by atoms with Crippen molar-refractivity contribution in [2.75, 3.05) is 0 Å². The second kappa shape index (κ2) is 7.41. The minimum absolute atomic E-state index is 0.999. The zero-order chi connectivity index (χ0) is 19.2. The third-order valence-corrected chi connectivity index (χ3v) is 9.07. The van der Waals surface area contributed by atoms with Gasteiger partial charge >= 0.3 is 0 Å². The minimum Gasteiger partial charge on any atom is -0.143 e. The highest BCUT2D eigenvalue weighted by Gasteiger charge is 2.14. The van der Waals surface area contributed by atoms with Crippen LogP contribution in [0.25, 0.3) is 41.7 Å². The Balaban J connectivity index is 1.35. The van der Waals surface area contributed by atoms with Crippen LogP contribution in [0.2, 0.25) is 0 Å². The van der Waals surface area contributed by atoms with Gasteiger partial charge in [-0.1, -0.05) is 62.8 Å². The normalized spacial score (nSPS) is 15.9. The summed E-state index contributed by atoms with van der Waals surface area (Å²) in [5.74, 6) is 0.999. The van der Waals surface area contributed by atoms with Gasteiger partial charge in [0.25, 0.3) is 0 Å². The number of hydrogen-bond acceptors (Lipinski definition) is 2. The molecule has 2 heterocycles. The van der Waals surface area contributed by atoms with Crippen molar-refractivity contribution in [3.8, 4) is 0 Å². The molecule has 1 fully saturated rings. The van der Waals surface area contributed by atoms with Crippen molar-refractivity contribution in [2.45, 2.75) is 51.4 Å². The number of thiophene rings is 2. The van der Waals surface area contributed by atoms with Crippen LogP contribution in [0.1, 0.15) is 49.8 Å². The van der Waals surface area contributed by atoms with E-state index < -0.39 is 0 Å². The summed E-state index contributed by atoms with van der Waals surface area (Å²) >= 11 is 3.89. The van der Waals surface area contributed by atoms with Gasteiger partial charge in [0, 0.05) is 25.0 Å². The molecule has 0 radical (unpaired) electrons. The van der Waals surface area contributed by atoms with Gasteiger partial charge in [-0.3, -0.25) is 0 Å². The monoisotopic (exact) mass is 414 g/mol. The fraction of sp³-hybridized carbons (Fsp3) is 0.333. The summed E-state index contributed by atoms with van der Waals surface area (Å²) < 4.78 is 2.89. The molecule has 0 amide bonds. The van der Waals surface area contributed by atoms with E-state index in [2.05, 4.69) is 53.9 Å². The number of aryl methyl sites for hydroxylation is 1. The number of hydrogen-bond donors (Lipinski definition) is 0. The lowest BCUT2D eigenvalue weighted by Crippen LogP contribution is -2.06. The maximum Gasteiger partial charge on any atom is 0.0424 e. The SMILES string of the molecule is c1cc2ccc3cc4c(ccc5cc(CCCC6CCCCC6)sc54)cc3c2s1. The molecule has 0 atom stereocenters. The molecule has 0 N–H and O–H groups in total. The molecule has 0 saturated heterocycles. The standard InChI is InChI=1S/C27H26S2/c1-2-5-18(6-3-1)7-4-8-23-15-22-12-11-21-16-24-20(17-25(21)27(22)29-23)10-9-19-13-14-28-26(19)24/h9-18H,1-8H2. The first-order valence-electron chi connectivity index (χ1n) is 11.1. The van der Waals surface area contributed by atoms with Crippen LogP contribution in [0, 0.1) is 5.92 Å². The van der Waals surface area contributed by atoms with Crippen molar-refractivity contribution in [3.63, 3.8) is 0 Å². The third-order valence-electron chi connectivity index (χ3n) is 6.86. The van der Waals surface area contributed by atoms with Gasteiger partial charge in [0.2, 0.25) is 0 Å². The van der Waals surface area contributed by atoms with Crippen molar-refractivity contribution < 1.29 is 0 Å². The van der Waals surface area contributed by atoms with Crippen molar-refractivity contribution in [3.05, 3.63) is 58.8 Å². The first-order valence-corrected chi connectivity index (χ1v) is 12.8. The van der Waals surface area contributed by atoms with Crippen molar-refractivity contribution in [1.29, 1.82) is 0 Å². The molecule has 0 spiro atoms. The van der Waals surface area contributed by atoms with Crippen LogP contribution in [0.5, 0.6) is 0 Å². The van der Waals surface area contributed by atoms with E-state index in [4.69, 9.17) is 0 Å². The molecule has 0 nitrogen and oxygen atoms in total. The Kier molecular flexibility index (Phi) is 4.58. The Hall–Kier alpha value is -1.90. The highest BCUT2D eigenvalue weighted by Crippen LogP contribution is 2.38. The third kappa shape index (κ3) is 3.27. The lowest BCUT2D eigenvalue weighted by molar-refractivity contribution is 0.333. The highest BCUT2D eigenvalue weighted by atomic mass is 32.1. The van der Waals surface area contributed by atoms with E-state index in [0.717, 1.165) is 5.92 Å². The van der Waals surface area contributed by atoms with E-state index in [1.54, 1.807) is 4.88 Å². The minimum atomic E-state index is 0.999. The maximum atomic E-state index is 2.45. The van der Waals surface area contributed by atoms with Crippen molar-refractivity contribution in [2.24, 2.45) is 5.92 Å². The van der Waals surface area contributed by atoms with E-state index in [1.807, 2.05) is 22.7 Å². The molecule has 1 saturated carbocycles. The van der Waals surface area contributed by atoms with E-state index >= 15 is 0 Å². The topological polar surface area (TPSA) is 0 Å². The molecule has 2 aromatic heterocycles. The van der Waals surface area contributed by atoms with E-state index in [9.17, 15) is 0 Å². The molecule has 6 rings (SSSR count). The van der Waals surface area contributed by atoms with Gasteiger partial charge in [0.05, 0.1) is 0 Å². The molecule has 1 aliphatic carbocycles. The van der Waals surface area contributed by atoms with Gasteiger partial charge in [-0.2, -0.15) is 0 Å². The average molecular weight is 415 g/mol. The zero-order valence-corrected chi connectivity index (χ0v) is 18.4. The fourth-order valence-electron chi connectivity index (χ4n) is 5.29. The predicted molar refractivity (Wildman–Crippen MR) is 132 cm³/mol. The van der Waals surface area contributed by atoms with Crippen LogP contribution >= 0.6 is 22.7 Å². The Morgan fingerprint density at radius 2 is 1.45 bits per heavy atom. The maximum absolute atomic E-state index is 2.45. The van der Waals surface area contributed by atoms with Gasteiger partial charge < -0.3 is 0 Å². The molecule has 5 aromatic rings. The number of benzene rings is 3. The number of rotatable bonds is 4. The summed E-state index contributed by atoms with van der Waals surface area (Å²) in [6, 6.07) is 18.7. The smallest absolute Gasteiger partial charge is 0.0424 e. The molecule has 1 aliphatic rings. The Morgan fingerprint density at radius 1 is 0.724 bits per heavy atom. The van der Waals surface area contributed by atoms with Gasteiger partial charge in [-0.05, 0) is 69.9 Å². The van der Waals surface area contributed by atoms with E-state index in [0.29, 0.717) is 0 Å². The van der Waals surface area contributed by atoms with Crippen LogP contribution < -0.4 is 0 Å². The Bertz CT molecular complexity index is 1310. The van der Waals surface area contributed by atoms with Crippen LogP contribution in [0.4, 0.5) is 0 Å². The highest BCUT2D eigenvalue weighted by molar-refractivity contribution is 7.20. The van der Waals surface area contributed by atoms with Gasteiger partial charge in [-0.15, -0.1) is 22.7 Å². The Morgan fingerprint density at radius 3 is 2.28 bits per heavy atom. The fourth-order valence-corrected chi connectivity index (χ4v) is 7.44. The molecule has 29 heavy (non-hydrogen) atoms. The summed E-state index contributed by atoms with van der Waals surface area (Å²) in [5, 5.41) is 10.6. The van der Waals surface area contributed by atoms with Crippen LogP contribution in [-0.4, -0.2) is 0 Å². The molecule has 2 heteroatoms. The lowest BCUT2D eigenvalue weighted by Gasteiger charge is -2.21. The first-order chi connectivity index (χ1) is 14.3. The van der Waals surface area contributed by atoms with Gasteiger partial charge in [-0.25, -0.2) is 0 Å². The van der Waals surface area contributed by atoms with Crippen molar-refractivity contribution in [1.82, 2.24) is 0 Å². The molecule has 146 valence electrons. The molecular weight excluding hydrogens is 388 g/mol. The quantitative estimate of drug-likeness (QED) is 0.257. The second-order valence-electron chi connectivity index (χ2n) is 8.79. The van der Waals surface area contributed by atoms with Gasteiger partial charge in [0.1, 0.15) is 0 Å². The summed E-state index contributed by atoms with van der Waals surface area (Å²) in [5.41, 5.74) is 0. The van der Waals surface area contributed by atoms with Crippen LogP contribution in [0.3, 0.4) is 0 Å². The molecular formula is C27H26S2. The first kappa shape index (κ1) is 17.9. The Labute approximate surface area is 180 Å². The van der Waals surface area contributed by atoms with Crippen LogP contribution in [-0.2, 0) is 6.42 Å². The molecule has 0 aliphatic heterocycles. The van der Waals surface area contributed by atoms with Crippen molar-refractivity contribution >= 4 is 64.4 Å². The van der Waals surface area contributed by atoms with Gasteiger partial charge in [0.15, 0.2) is 0 Å². The summed E-state index contributed by atoms with van der Waals surface area (Å²) in [4.78, 5) is 1.57. The lowest BCUT2D eigenvalue weighted by atomic mass is 9.86. The summed E-state index contributed by atoms with van der Waals surface area (Å²) in [7, 11) is 0. The average Bonchev–Trinajstić information content (AvgIpc) is 3.40. The largest absolute Gasteiger partial charge is 0.143 e. The number of fused-ring (bicyclic) bond motifs is 6. The van der Waals surface area contributed by atoms with E-state index in [-0.39, 0.29) is 0 Å². The molecule has 0 bridgehead atoms. The van der Waals surface area contributed by atoms with E-state index in [1.165, 1.54) is 93.1 Å². The summed E-state index contributed by atoms with van der Waals surface area (Å²) in [6.45, 7) is 0. The van der Waals surface area contributed by atoms with Crippen LogP contribution in [0.15, 0.2) is 53.9 Å². The molecule has 3 aromatic carbocycles. The zero-order valence-electron chi connectivity index (χ0n) is 16.7. The summed E-state index contributed by atoms with van der Waals surface area (Å²) in [6.07, 6.45) is 11.4.